The van der Waals surface area contributed by atoms with Crippen molar-refractivity contribution in [3.8, 4) is 0 Å². The van der Waals surface area contributed by atoms with Gasteiger partial charge in [0, 0.05) is 18.3 Å². The summed E-state index contributed by atoms with van der Waals surface area (Å²) in [6, 6.07) is 3.29. The molecule has 0 fully saturated rings. The average molecular weight is 272 g/mol. The fourth-order valence-electron chi connectivity index (χ4n) is 0.986. The average Bonchev–Trinajstić information content (AvgIpc) is 1.98. The van der Waals surface area contributed by atoms with Gasteiger partial charge < -0.3 is 10.6 Å². The van der Waals surface area contributed by atoms with Gasteiger partial charge in [-0.2, -0.15) is 0 Å². The summed E-state index contributed by atoms with van der Waals surface area (Å²) in [5.41, 5.74) is 0. The summed E-state index contributed by atoms with van der Waals surface area (Å²) >= 11 is 3.25. The molecule has 1 aromatic rings. The van der Waals surface area contributed by atoms with Crippen LogP contribution in [0.25, 0.3) is 0 Å². The van der Waals surface area contributed by atoms with E-state index in [4.69, 9.17) is 0 Å². The zero-order valence-corrected chi connectivity index (χ0v) is 9.88. The van der Waals surface area contributed by atoms with Crippen LogP contribution in [-0.4, -0.2) is 16.8 Å². The minimum atomic E-state index is -0.214. The van der Waals surface area contributed by atoms with Gasteiger partial charge >= 0.3 is 0 Å². The number of rotatable bonds is 2. The van der Waals surface area contributed by atoms with E-state index in [0.717, 1.165) is 4.47 Å². The molecule has 80 valence electrons. The zero-order valence-electron chi connectivity index (χ0n) is 8.30. The van der Waals surface area contributed by atoms with E-state index in [1.807, 2.05) is 0 Å². The zero-order chi connectivity index (χ0) is 11.4. The maximum atomic E-state index is 10.8. The first-order chi connectivity index (χ1) is 6.97. The number of halogens is 1. The highest BCUT2D eigenvalue weighted by Crippen LogP contribution is 2.19. The first-order valence-corrected chi connectivity index (χ1v) is 4.99. The van der Waals surface area contributed by atoms with Crippen molar-refractivity contribution in [2.24, 2.45) is 0 Å². The minimum absolute atomic E-state index is 0.214. The highest BCUT2D eigenvalue weighted by molar-refractivity contribution is 9.10. The summed E-state index contributed by atoms with van der Waals surface area (Å²) in [4.78, 5) is 25.6. The fourth-order valence-corrected chi connectivity index (χ4v) is 1.42. The van der Waals surface area contributed by atoms with Crippen LogP contribution in [0.3, 0.4) is 0 Å². The minimum Gasteiger partial charge on any atom is -0.311 e. The molecule has 1 aromatic heterocycles. The number of carbonyl (C=O) groups is 2. The van der Waals surface area contributed by atoms with E-state index < -0.39 is 0 Å². The van der Waals surface area contributed by atoms with Gasteiger partial charge in [-0.25, -0.2) is 4.98 Å². The third-order valence-corrected chi connectivity index (χ3v) is 1.86. The third-order valence-electron chi connectivity index (χ3n) is 1.40. The summed E-state index contributed by atoms with van der Waals surface area (Å²) in [5.74, 6) is 0.352. The van der Waals surface area contributed by atoms with Crippen LogP contribution in [0.15, 0.2) is 16.6 Å². The van der Waals surface area contributed by atoms with Crippen LogP contribution in [0, 0.1) is 0 Å². The lowest BCUT2D eigenvalue weighted by atomic mass is 10.4. The number of hydrogen-bond acceptors (Lipinski definition) is 3. The Labute approximate surface area is 95.4 Å². The first kappa shape index (κ1) is 11.6. The standard InChI is InChI=1S/C9H10BrN3O2/c1-5(14)11-8-3-7(10)4-9(13-8)12-6(2)15/h3-4H,1-2H3,(H2,11,12,13,14,15). The van der Waals surface area contributed by atoms with E-state index >= 15 is 0 Å². The Kier molecular flexibility index (Phi) is 3.79. The topological polar surface area (TPSA) is 71.1 Å². The van der Waals surface area contributed by atoms with Gasteiger partial charge in [0.1, 0.15) is 11.6 Å². The van der Waals surface area contributed by atoms with Crippen molar-refractivity contribution in [3.05, 3.63) is 16.6 Å². The fraction of sp³-hybridized carbons (Fsp3) is 0.222. The smallest absolute Gasteiger partial charge is 0.222 e. The van der Waals surface area contributed by atoms with Gasteiger partial charge in [-0.15, -0.1) is 0 Å². The number of nitrogens with one attached hydrogen (secondary N) is 2. The maximum absolute atomic E-state index is 10.8. The molecule has 0 spiro atoms. The molecule has 0 saturated carbocycles. The van der Waals surface area contributed by atoms with Crippen molar-refractivity contribution in [1.29, 1.82) is 0 Å². The van der Waals surface area contributed by atoms with Gasteiger partial charge in [-0.05, 0) is 12.1 Å². The first-order valence-electron chi connectivity index (χ1n) is 4.20. The van der Waals surface area contributed by atoms with Gasteiger partial charge in [0.25, 0.3) is 0 Å². The monoisotopic (exact) mass is 271 g/mol. The molecule has 0 unspecified atom stereocenters. The molecule has 6 heteroatoms. The lowest BCUT2D eigenvalue weighted by Crippen LogP contribution is -2.11. The molecule has 0 atom stereocenters. The largest absolute Gasteiger partial charge is 0.311 e. The molecule has 0 saturated heterocycles. The van der Waals surface area contributed by atoms with E-state index in [0.29, 0.717) is 11.6 Å². The predicted molar refractivity (Wildman–Crippen MR) is 60.5 cm³/mol. The number of amides is 2. The molecule has 2 amide bonds. The second-order valence-electron chi connectivity index (χ2n) is 2.92. The molecular formula is C9H10BrN3O2. The van der Waals surface area contributed by atoms with Gasteiger partial charge in [-0.3, -0.25) is 9.59 Å². The van der Waals surface area contributed by atoms with Crippen molar-refractivity contribution in [2.75, 3.05) is 10.6 Å². The second kappa shape index (κ2) is 4.88. The Morgan fingerprint density at radius 3 is 1.87 bits per heavy atom. The molecule has 0 bridgehead atoms. The van der Waals surface area contributed by atoms with Crippen LogP contribution in [0.5, 0.6) is 0 Å². The normalized spacial score (nSPS) is 9.53. The van der Waals surface area contributed by atoms with Gasteiger partial charge in [0.2, 0.25) is 11.8 Å². The highest BCUT2D eigenvalue weighted by Gasteiger charge is 2.03. The van der Waals surface area contributed by atoms with E-state index in [-0.39, 0.29) is 11.8 Å². The number of anilines is 2. The molecule has 0 aliphatic carbocycles. The summed E-state index contributed by atoms with van der Waals surface area (Å²) in [6.45, 7) is 2.78. The number of hydrogen-bond donors (Lipinski definition) is 2. The Morgan fingerprint density at radius 1 is 1.13 bits per heavy atom. The van der Waals surface area contributed by atoms with Crippen LogP contribution >= 0.6 is 15.9 Å². The second-order valence-corrected chi connectivity index (χ2v) is 3.83. The third kappa shape index (κ3) is 4.07. The van der Waals surface area contributed by atoms with Crippen LogP contribution < -0.4 is 10.6 Å². The van der Waals surface area contributed by atoms with Crippen LogP contribution in [-0.2, 0) is 9.59 Å². The van der Waals surface area contributed by atoms with Crippen molar-refractivity contribution < 1.29 is 9.59 Å². The number of pyridine rings is 1. The molecular weight excluding hydrogens is 262 g/mol. The van der Waals surface area contributed by atoms with E-state index in [9.17, 15) is 9.59 Å². The molecule has 1 heterocycles. The molecule has 0 radical (unpaired) electrons. The lowest BCUT2D eigenvalue weighted by Gasteiger charge is -2.06. The Morgan fingerprint density at radius 2 is 1.53 bits per heavy atom. The lowest BCUT2D eigenvalue weighted by molar-refractivity contribution is -0.115. The number of aromatic nitrogens is 1. The van der Waals surface area contributed by atoms with E-state index in [1.165, 1.54) is 13.8 Å². The SMILES string of the molecule is CC(=O)Nc1cc(Br)cc(NC(C)=O)n1. The summed E-state index contributed by atoms with van der Waals surface area (Å²) < 4.78 is 0.727. The van der Waals surface area contributed by atoms with E-state index in [2.05, 4.69) is 31.5 Å². The van der Waals surface area contributed by atoms with Gasteiger partial charge in [0.15, 0.2) is 0 Å². The Hall–Kier alpha value is -1.43. The predicted octanol–water partition coefficient (Wildman–Crippen LogP) is 1.76. The van der Waals surface area contributed by atoms with Crippen molar-refractivity contribution in [1.82, 2.24) is 4.98 Å². The molecule has 15 heavy (non-hydrogen) atoms. The van der Waals surface area contributed by atoms with Crippen molar-refractivity contribution in [3.63, 3.8) is 0 Å². The van der Waals surface area contributed by atoms with Gasteiger partial charge in [0.05, 0.1) is 0 Å². The molecule has 2 N–H and O–H groups in total. The summed E-state index contributed by atoms with van der Waals surface area (Å²) in [7, 11) is 0. The molecule has 0 aromatic carbocycles. The number of carbonyl (C=O) groups excluding carboxylic acids is 2. The molecule has 5 nitrogen and oxygen atoms in total. The quantitative estimate of drug-likeness (QED) is 0.861. The molecule has 0 aliphatic rings. The van der Waals surface area contributed by atoms with Crippen LogP contribution in [0.4, 0.5) is 11.6 Å². The van der Waals surface area contributed by atoms with Crippen LogP contribution in [0.1, 0.15) is 13.8 Å². The Balaban J connectivity index is 2.94. The van der Waals surface area contributed by atoms with Gasteiger partial charge in [-0.1, -0.05) is 15.9 Å². The number of nitrogens with zero attached hydrogens (tertiary/aromatic N) is 1. The molecule has 0 aliphatic heterocycles. The van der Waals surface area contributed by atoms with E-state index in [1.54, 1.807) is 12.1 Å². The van der Waals surface area contributed by atoms with Crippen molar-refractivity contribution in [2.45, 2.75) is 13.8 Å². The molecule has 1 rings (SSSR count). The maximum Gasteiger partial charge on any atom is 0.222 e. The van der Waals surface area contributed by atoms with Crippen LogP contribution in [0.2, 0.25) is 0 Å². The summed E-state index contributed by atoms with van der Waals surface area (Å²) in [5, 5.41) is 5.06. The Bertz CT molecular complexity index is 372. The summed E-state index contributed by atoms with van der Waals surface area (Å²) in [6.07, 6.45) is 0. The highest BCUT2D eigenvalue weighted by atomic mass is 79.9. The van der Waals surface area contributed by atoms with Crippen molar-refractivity contribution >= 4 is 39.4 Å².